The molecule has 3 aromatic heterocycles. The zero-order valence-corrected chi connectivity index (χ0v) is 14.7. The van der Waals surface area contributed by atoms with E-state index in [2.05, 4.69) is 25.6 Å². The molecule has 0 bridgehead atoms. The first kappa shape index (κ1) is 17.5. The third-order valence-corrected chi connectivity index (χ3v) is 4.06. The number of amides is 1. The fourth-order valence-corrected chi connectivity index (χ4v) is 2.71. The molecule has 1 aromatic carbocycles. The number of aromatic nitrogens is 6. The zero-order chi connectivity index (χ0) is 19.3. The molecule has 0 saturated carbocycles. The quantitative estimate of drug-likeness (QED) is 0.555. The van der Waals surface area contributed by atoms with E-state index in [4.69, 9.17) is 0 Å². The van der Waals surface area contributed by atoms with E-state index in [0.717, 1.165) is 11.8 Å². The number of nitrogens with one attached hydrogen (secondary N) is 1. The Balaban J connectivity index is 1.39. The Morgan fingerprint density at radius 1 is 1.04 bits per heavy atom. The summed E-state index contributed by atoms with van der Waals surface area (Å²) in [7, 11) is 0. The van der Waals surface area contributed by atoms with Crippen molar-refractivity contribution >= 4 is 5.91 Å². The number of carbonyl (C=O) groups is 1. The van der Waals surface area contributed by atoms with Gasteiger partial charge in [-0.15, -0.1) is 0 Å². The fourth-order valence-electron chi connectivity index (χ4n) is 2.71. The van der Waals surface area contributed by atoms with Gasteiger partial charge in [0.25, 0.3) is 5.91 Å². The van der Waals surface area contributed by atoms with Gasteiger partial charge in [-0.25, -0.2) is 14.1 Å². The number of hydrogen-bond donors (Lipinski definition) is 1. The maximum absolute atomic E-state index is 13.0. The zero-order valence-electron chi connectivity index (χ0n) is 14.7. The number of nitrogens with zero attached hydrogens (tertiary/aromatic N) is 6. The van der Waals surface area contributed by atoms with Gasteiger partial charge in [0.2, 0.25) is 0 Å². The molecule has 1 amide bonds. The topological polar surface area (TPSA) is 90.5 Å². The monoisotopic (exact) mass is 377 g/mol. The van der Waals surface area contributed by atoms with Gasteiger partial charge in [-0.2, -0.15) is 20.1 Å². The highest BCUT2D eigenvalue weighted by atomic mass is 19.1. The number of para-hydroxylation sites is 1. The Hall–Kier alpha value is -3.88. The van der Waals surface area contributed by atoms with Gasteiger partial charge in [0.1, 0.15) is 5.82 Å². The Kier molecular flexibility index (Phi) is 4.87. The summed E-state index contributed by atoms with van der Waals surface area (Å²) >= 11 is 0. The molecule has 0 fully saturated rings. The SMILES string of the molecule is O=C(NCCc1cnn(-c2ccc(F)cn2)c1)c1ccccc1-n1nccn1. The second-order valence-corrected chi connectivity index (χ2v) is 5.97. The van der Waals surface area contributed by atoms with Crippen molar-refractivity contribution in [3.05, 3.63) is 84.3 Å². The predicted octanol–water partition coefficient (Wildman–Crippen LogP) is 1.96. The van der Waals surface area contributed by atoms with E-state index in [1.807, 2.05) is 6.07 Å². The molecule has 4 aromatic rings. The van der Waals surface area contributed by atoms with E-state index in [0.29, 0.717) is 30.0 Å². The van der Waals surface area contributed by atoms with Crippen LogP contribution in [-0.4, -0.2) is 42.2 Å². The van der Waals surface area contributed by atoms with Crippen molar-refractivity contribution in [3.63, 3.8) is 0 Å². The number of hydrogen-bond acceptors (Lipinski definition) is 5. The first-order valence-electron chi connectivity index (χ1n) is 8.60. The lowest BCUT2D eigenvalue weighted by Crippen LogP contribution is -2.27. The largest absolute Gasteiger partial charge is 0.352 e. The van der Waals surface area contributed by atoms with Gasteiger partial charge >= 0.3 is 0 Å². The average molecular weight is 377 g/mol. The summed E-state index contributed by atoms with van der Waals surface area (Å²) in [6.45, 7) is 0.433. The number of pyridine rings is 1. The summed E-state index contributed by atoms with van der Waals surface area (Å²) in [5.74, 6) is -0.0812. The van der Waals surface area contributed by atoms with Crippen molar-refractivity contribution in [2.24, 2.45) is 0 Å². The number of rotatable bonds is 6. The Bertz CT molecular complexity index is 1070. The van der Waals surface area contributed by atoms with Crippen molar-refractivity contribution in [3.8, 4) is 11.5 Å². The molecule has 28 heavy (non-hydrogen) atoms. The van der Waals surface area contributed by atoms with Gasteiger partial charge in [-0.05, 0) is 36.2 Å². The summed E-state index contributed by atoms with van der Waals surface area (Å²) in [5.41, 5.74) is 2.03. The highest BCUT2D eigenvalue weighted by Gasteiger charge is 2.13. The first-order valence-corrected chi connectivity index (χ1v) is 8.60. The molecule has 3 heterocycles. The van der Waals surface area contributed by atoms with Crippen molar-refractivity contribution in [1.29, 1.82) is 0 Å². The van der Waals surface area contributed by atoms with Crippen LogP contribution in [0.15, 0.2) is 67.4 Å². The third-order valence-electron chi connectivity index (χ3n) is 4.06. The first-order chi connectivity index (χ1) is 13.7. The second kappa shape index (κ2) is 7.78. The minimum atomic E-state index is -0.399. The molecule has 140 valence electrons. The van der Waals surface area contributed by atoms with Crippen LogP contribution in [0.25, 0.3) is 11.5 Å². The van der Waals surface area contributed by atoms with Crippen LogP contribution in [-0.2, 0) is 6.42 Å². The molecule has 0 aliphatic rings. The van der Waals surface area contributed by atoms with Gasteiger partial charge in [0.15, 0.2) is 5.82 Å². The fraction of sp³-hybridized carbons (Fsp3) is 0.105. The molecule has 0 saturated heterocycles. The van der Waals surface area contributed by atoms with Crippen LogP contribution >= 0.6 is 0 Å². The van der Waals surface area contributed by atoms with Gasteiger partial charge in [0.05, 0.1) is 36.0 Å². The Morgan fingerprint density at radius 2 is 1.86 bits per heavy atom. The molecule has 1 N–H and O–H groups in total. The van der Waals surface area contributed by atoms with Crippen molar-refractivity contribution < 1.29 is 9.18 Å². The smallest absolute Gasteiger partial charge is 0.253 e. The molecular weight excluding hydrogens is 361 g/mol. The highest BCUT2D eigenvalue weighted by Crippen LogP contribution is 2.12. The van der Waals surface area contributed by atoms with Gasteiger partial charge in [-0.1, -0.05) is 12.1 Å². The number of benzene rings is 1. The molecule has 4 rings (SSSR count). The lowest BCUT2D eigenvalue weighted by atomic mass is 10.1. The lowest BCUT2D eigenvalue weighted by Gasteiger charge is -2.09. The molecular formula is C19H16FN7O. The van der Waals surface area contributed by atoms with Crippen molar-refractivity contribution in [2.45, 2.75) is 6.42 Å². The standard InChI is InChI=1S/C19H16FN7O/c20-15-5-6-18(22-12-15)26-13-14(11-25-26)7-8-21-19(28)16-3-1-2-4-17(16)27-23-9-10-24-27/h1-6,9-13H,7-8H2,(H,21,28). The Morgan fingerprint density at radius 3 is 2.64 bits per heavy atom. The van der Waals surface area contributed by atoms with Crippen molar-refractivity contribution in [1.82, 2.24) is 35.1 Å². The lowest BCUT2D eigenvalue weighted by molar-refractivity contribution is 0.0954. The van der Waals surface area contributed by atoms with Crippen LogP contribution in [0.5, 0.6) is 0 Å². The maximum Gasteiger partial charge on any atom is 0.253 e. The molecule has 0 radical (unpaired) electrons. The van der Waals surface area contributed by atoms with Gasteiger partial charge < -0.3 is 5.32 Å². The number of carbonyl (C=O) groups excluding carboxylic acids is 1. The van der Waals surface area contributed by atoms with E-state index < -0.39 is 5.82 Å². The molecule has 8 nitrogen and oxygen atoms in total. The molecule has 9 heteroatoms. The van der Waals surface area contributed by atoms with Crippen LogP contribution in [0.3, 0.4) is 0 Å². The third kappa shape index (κ3) is 3.78. The summed E-state index contributed by atoms with van der Waals surface area (Å²) in [6, 6.07) is 10.0. The summed E-state index contributed by atoms with van der Waals surface area (Å²) in [4.78, 5) is 18.0. The average Bonchev–Trinajstić information content (AvgIpc) is 3.41. The highest BCUT2D eigenvalue weighted by molar-refractivity contribution is 5.97. The minimum Gasteiger partial charge on any atom is -0.352 e. The summed E-state index contributed by atoms with van der Waals surface area (Å²) < 4.78 is 14.5. The van der Waals surface area contributed by atoms with Gasteiger partial charge in [-0.3, -0.25) is 4.79 Å². The summed E-state index contributed by atoms with van der Waals surface area (Å²) in [5, 5.41) is 15.3. The number of halogens is 1. The normalized spacial score (nSPS) is 10.8. The minimum absolute atomic E-state index is 0.208. The van der Waals surface area contributed by atoms with E-state index in [1.54, 1.807) is 53.7 Å². The van der Waals surface area contributed by atoms with Crippen LogP contribution in [0.4, 0.5) is 4.39 Å². The van der Waals surface area contributed by atoms with E-state index in [1.165, 1.54) is 10.9 Å². The van der Waals surface area contributed by atoms with E-state index >= 15 is 0 Å². The van der Waals surface area contributed by atoms with Crippen LogP contribution < -0.4 is 5.32 Å². The van der Waals surface area contributed by atoms with Crippen LogP contribution in [0.1, 0.15) is 15.9 Å². The van der Waals surface area contributed by atoms with E-state index in [9.17, 15) is 9.18 Å². The van der Waals surface area contributed by atoms with Gasteiger partial charge in [0, 0.05) is 12.7 Å². The molecule has 0 aliphatic heterocycles. The van der Waals surface area contributed by atoms with Crippen LogP contribution in [0.2, 0.25) is 0 Å². The summed E-state index contributed by atoms with van der Waals surface area (Å²) in [6.07, 6.45) is 8.34. The van der Waals surface area contributed by atoms with Crippen molar-refractivity contribution in [2.75, 3.05) is 6.54 Å². The maximum atomic E-state index is 13.0. The second-order valence-electron chi connectivity index (χ2n) is 5.97. The van der Waals surface area contributed by atoms with E-state index in [-0.39, 0.29) is 5.91 Å². The molecule has 0 aliphatic carbocycles. The predicted molar refractivity (Wildman–Crippen MR) is 98.7 cm³/mol. The molecule has 0 atom stereocenters. The molecule has 0 unspecified atom stereocenters. The van der Waals surface area contributed by atoms with Crippen LogP contribution in [0, 0.1) is 5.82 Å². The Labute approximate surface area is 159 Å². The molecule has 0 spiro atoms.